The van der Waals surface area contributed by atoms with Crippen molar-refractivity contribution in [1.82, 2.24) is 4.72 Å². The Balaban J connectivity index is 3.05. The SMILES string of the molecule is Cc1c(N)cc(Br)cc1S(=O)(=O)NCC(C)CO. The molecule has 1 unspecified atom stereocenters. The maximum absolute atomic E-state index is 12.1. The van der Waals surface area contributed by atoms with Crippen LogP contribution in [-0.4, -0.2) is 26.7 Å². The molecule has 5 nitrogen and oxygen atoms in total. The summed E-state index contributed by atoms with van der Waals surface area (Å²) in [6, 6.07) is 3.17. The van der Waals surface area contributed by atoms with Crippen molar-refractivity contribution in [2.75, 3.05) is 18.9 Å². The average Bonchev–Trinajstić information content (AvgIpc) is 2.30. The molecule has 1 rings (SSSR count). The first kappa shape index (κ1) is 15.4. The highest BCUT2D eigenvalue weighted by atomic mass is 79.9. The Morgan fingerprint density at radius 1 is 1.50 bits per heavy atom. The van der Waals surface area contributed by atoms with Crippen LogP contribution in [0.2, 0.25) is 0 Å². The standard InChI is InChI=1S/C11H17BrN2O3S/c1-7(6-15)5-14-18(16,17)11-4-9(12)3-10(13)8(11)2/h3-4,7,14-15H,5-6,13H2,1-2H3. The minimum Gasteiger partial charge on any atom is -0.398 e. The maximum atomic E-state index is 12.1. The highest BCUT2D eigenvalue weighted by Gasteiger charge is 2.19. The molecule has 0 heterocycles. The van der Waals surface area contributed by atoms with Gasteiger partial charge in [0.2, 0.25) is 10.0 Å². The summed E-state index contributed by atoms with van der Waals surface area (Å²) in [5, 5.41) is 8.88. The van der Waals surface area contributed by atoms with Gasteiger partial charge >= 0.3 is 0 Å². The number of hydrogen-bond acceptors (Lipinski definition) is 4. The van der Waals surface area contributed by atoms with Crippen molar-refractivity contribution in [3.8, 4) is 0 Å². The van der Waals surface area contributed by atoms with Crippen LogP contribution in [0.1, 0.15) is 12.5 Å². The topological polar surface area (TPSA) is 92.4 Å². The first-order valence-corrected chi connectivity index (χ1v) is 7.71. The van der Waals surface area contributed by atoms with Gasteiger partial charge in [-0.3, -0.25) is 0 Å². The molecule has 1 aromatic rings. The Bertz CT molecular complexity index is 531. The number of anilines is 1. The number of nitrogens with two attached hydrogens (primary N) is 1. The lowest BCUT2D eigenvalue weighted by molar-refractivity contribution is 0.238. The van der Waals surface area contributed by atoms with Crippen LogP contribution >= 0.6 is 15.9 Å². The molecule has 4 N–H and O–H groups in total. The van der Waals surface area contributed by atoms with Crippen LogP contribution < -0.4 is 10.5 Å². The van der Waals surface area contributed by atoms with Gasteiger partial charge in [-0.15, -0.1) is 0 Å². The number of nitrogen functional groups attached to an aromatic ring is 1. The van der Waals surface area contributed by atoms with Crippen molar-refractivity contribution in [2.45, 2.75) is 18.7 Å². The van der Waals surface area contributed by atoms with Gasteiger partial charge in [0.25, 0.3) is 0 Å². The van der Waals surface area contributed by atoms with Gasteiger partial charge in [0.05, 0.1) is 4.90 Å². The van der Waals surface area contributed by atoms with Gasteiger partial charge in [-0.05, 0) is 30.5 Å². The molecule has 0 saturated carbocycles. The van der Waals surface area contributed by atoms with Gasteiger partial charge < -0.3 is 10.8 Å². The Labute approximate surface area is 116 Å². The van der Waals surface area contributed by atoms with Crippen molar-refractivity contribution in [3.63, 3.8) is 0 Å². The fourth-order valence-corrected chi connectivity index (χ4v) is 3.44. The molecule has 0 radical (unpaired) electrons. The third kappa shape index (κ3) is 3.68. The Kier molecular flexibility index (Phi) is 5.15. The number of rotatable bonds is 5. The molecular weight excluding hydrogens is 320 g/mol. The number of hydrogen-bond donors (Lipinski definition) is 3. The second-order valence-electron chi connectivity index (χ2n) is 4.26. The first-order chi connectivity index (χ1) is 8.27. The number of aliphatic hydroxyl groups excluding tert-OH is 1. The zero-order valence-electron chi connectivity index (χ0n) is 10.3. The summed E-state index contributed by atoms with van der Waals surface area (Å²) >= 11 is 3.22. The molecule has 0 bridgehead atoms. The zero-order valence-corrected chi connectivity index (χ0v) is 12.7. The predicted molar refractivity (Wildman–Crippen MR) is 74.7 cm³/mol. The van der Waals surface area contributed by atoms with Gasteiger partial charge in [-0.1, -0.05) is 22.9 Å². The number of sulfonamides is 1. The van der Waals surface area contributed by atoms with Crippen LogP contribution in [0.25, 0.3) is 0 Å². The smallest absolute Gasteiger partial charge is 0.240 e. The average molecular weight is 337 g/mol. The molecule has 1 aromatic carbocycles. The summed E-state index contributed by atoms with van der Waals surface area (Å²) < 4.78 is 27.3. The minimum absolute atomic E-state index is 0.0673. The van der Waals surface area contributed by atoms with Gasteiger partial charge in [0, 0.05) is 23.3 Å². The molecule has 7 heteroatoms. The van der Waals surface area contributed by atoms with Crippen molar-refractivity contribution in [1.29, 1.82) is 0 Å². The normalized spacial score (nSPS) is 13.6. The number of halogens is 1. The third-order valence-electron chi connectivity index (χ3n) is 2.59. The lowest BCUT2D eigenvalue weighted by Gasteiger charge is -2.13. The lowest BCUT2D eigenvalue weighted by Crippen LogP contribution is -2.30. The molecule has 0 saturated heterocycles. The molecule has 0 spiro atoms. The summed E-state index contributed by atoms with van der Waals surface area (Å²) in [6.07, 6.45) is 0. The van der Waals surface area contributed by atoms with E-state index >= 15 is 0 Å². The van der Waals surface area contributed by atoms with Crippen LogP contribution in [0.5, 0.6) is 0 Å². The molecule has 0 aliphatic rings. The highest BCUT2D eigenvalue weighted by molar-refractivity contribution is 9.10. The van der Waals surface area contributed by atoms with Crippen molar-refractivity contribution in [3.05, 3.63) is 22.2 Å². The van der Waals surface area contributed by atoms with Crippen molar-refractivity contribution in [2.24, 2.45) is 5.92 Å². The van der Waals surface area contributed by atoms with Crippen LogP contribution in [-0.2, 0) is 10.0 Å². The quantitative estimate of drug-likeness (QED) is 0.705. The second-order valence-corrected chi connectivity index (χ2v) is 6.91. The molecule has 0 aliphatic heterocycles. The predicted octanol–water partition coefficient (Wildman–Crippen LogP) is 1.25. The van der Waals surface area contributed by atoms with E-state index in [-0.39, 0.29) is 24.0 Å². The Hall–Kier alpha value is -0.630. The molecule has 0 fully saturated rings. The van der Waals surface area contributed by atoms with Crippen LogP contribution in [0.4, 0.5) is 5.69 Å². The van der Waals surface area contributed by atoms with E-state index in [4.69, 9.17) is 10.8 Å². The highest BCUT2D eigenvalue weighted by Crippen LogP contribution is 2.26. The molecule has 102 valence electrons. The van der Waals surface area contributed by atoms with E-state index in [1.54, 1.807) is 19.9 Å². The van der Waals surface area contributed by atoms with Gasteiger partial charge in [-0.2, -0.15) is 0 Å². The maximum Gasteiger partial charge on any atom is 0.240 e. The van der Waals surface area contributed by atoms with E-state index in [0.717, 1.165) is 0 Å². The molecule has 0 aromatic heterocycles. The third-order valence-corrected chi connectivity index (χ3v) is 4.60. The molecular formula is C11H17BrN2O3S. The zero-order chi connectivity index (χ0) is 13.9. The fourth-order valence-electron chi connectivity index (χ4n) is 1.35. The molecule has 18 heavy (non-hydrogen) atoms. The van der Waals surface area contributed by atoms with Crippen molar-refractivity contribution >= 4 is 31.6 Å². The second kappa shape index (κ2) is 6.01. The number of aliphatic hydroxyl groups is 1. The molecule has 1 atom stereocenters. The Morgan fingerprint density at radius 2 is 2.11 bits per heavy atom. The van der Waals surface area contributed by atoms with Crippen LogP contribution in [0.15, 0.2) is 21.5 Å². The number of nitrogens with one attached hydrogen (secondary N) is 1. The van der Waals surface area contributed by atoms with Gasteiger partial charge in [0.15, 0.2) is 0 Å². The molecule has 0 aliphatic carbocycles. The van der Waals surface area contributed by atoms with E-state index in [1.165, 1.54) is 6.07 Å². The molecule has 0 amide bonds. The van der Waals surface area contributed by atoms with E-state index in [0.29, 0.717) is 15.7 Å². The van der Waals surface area contributed by atoms with Crippen molar-refractivity contribution < 1.29 is 13.5 Å². The van der Waals surface area contributed by atoms with Crippen LogP contribution in [0.3, 0.4) is 0 Å². The van der Waals surface area contributed by atoms with Gasteiger partial charge in [0.1, 0.15) is 0 Å². The Morgan fingerprint density at radius 3 is 2.67 bits per heavy atom. The van der Waals surface area contributed by atoms with E-state index < -0.39 is 10.0 Å². The summed E-state index contributed by atoms with van der Waals surface area (Å²) in [4.78, 5) is 0.152. The van der Waals surface area contributed by atoms with E-state index in [1.807, 2.05) is 0 Å². The summed E-state index contributed by atoms with van der Waals surface area (Å²) in [5.74, 6) is -0.135. The largest absolute Gasteiger partial charge is 0.398 e. The summed E-state index contributed by atoms with van der Waals surface area (Å²) in [7, 11) is -3.61. The lowest BCUT2D eigenvalue weighted by atomic mass is 10.2. The summed E-state index contributed by atoms with van der Waals surface area (Å²) in [5.41, 5.74) is 6.67. The van der Waals surface area contributed by atoms with E-state index in [9.17, 15) is 8.42 Å². The van der Waals surface area contributed by atoms with E-state index in [2.05, 4.69) is 20.7 Å². The fraction of sp³-hybridized carbons (Fsp3) is 0.455. The monoisotopic (exact) mass is 336 g/mol. The summed E-state index contributed by atoms with van der Waals surface area (Å²) in [6.45, 7) is 3.53. The first-order valence-electron chi connectivity index (χ1n) is 5.44. The van der Waals surface area contributed by atoms with Crippen LogP contribution in [0, 0.1) is 12.8 Å². The minimum atomic E-state index is -3.61. The van der Waals surface area contributed by atoms with Gasteiger partial charge in [-0.25, -0.2) is 13.1 Å². The number of benzene rings is 1.